The number of H-pyrrole nitrogens is 1. The molecule has 0 aromatic carbocycles. The van der Waals surface area contributed by atoms with Crippen LogP contribution in [0.5, 0.6) is 0 Å². The summed E-state index contributed by atoms with van der Waals surface area (Å²) in [4.78, 5) is 16.3. The van der Waals surface area contributed by atoms with Gasteiger partial charge < -0.3 is 10.7 Å². The predicted molar refractivity (Wildman–Crippen MR) is 134 cm³/mol. The highest BCUT2D eigenvalue weighted by atomic mass is 15.2. The number of aromatic nitrogens is 3. The zero-order valence-corrected chi connectivity index (χ0v) is 20.6. The van der Waals surface area contributed by atoms with E-state index in [9.17, 15) is 0 Å². The number of nitrogens with zero attached hydrogens (tertiary/aromatic N) is 3. The van der Waals surface area contributed by atoms with E-state index in [2.05, 4.69) is 60.8 Å². The SMILES string of the molecule is Cc1cc(-c2[nH]c3cc4c(nc3c2C(C)C)CN(CC23CCC(N)(CC2)C3)CC4)cc(C)n1. The van der Waals surface area contributed by atoms with Crippen molar-refractivity contribution in [1.82, 2.24) is 19.9 Å². The number of aryl methyl sites for hydroxylation is 2. The Hall–Kier alpha value is -2.24. The van der Waals surface area contributed by atoms with E-state index in [1.54, 1.807) is 0 Å². The number of nitrogens with one attached hydrogen (secondary N) is 1. The maximum Gasteiger partial charge on any atom is 0.0924 e. The molecule has 3 N–H and O–H groups in total. The van der Waals surface area contributed by atoms with Crippen LogP contribution in [0.2, 0.25) is 0 Å². The van der Waals surface area contributed by atoms with E-state index in [1.165, 1.54) is 72.2 Å². The molecular formula is C28H37N5. The third kappa shape index (κ3) is 3.60. The molecule has 5 heteroatoms. The first-order valence-electron chi connectivity index (χ1n) is 12.7. The summed E-state index contributed by atoms with van der Waals surface area (Å²) in [7, 11) is 0. The second-order valence-electron chi connectivity index (χ2n) is 11.7. The lowest BCUT2D eigenvalue weighted by atomic mass is 9.83. The second-order valence-corrected chi connectivity index (χ2v) is 11.7. The van der Waals surface area contributed by atoms with Crippen molar-refractivity contribution in [3.05, 3.63) is 46.4 Å². The van der Waals surface area contributed by atoms with Gasteiger partial charge in [0.1, 0.15) is 0 Å². The molecule has 0 radical (unpaired) electrons. The largest absolute Gasteiger partial charge is 0.353 e. The van der Waals surface area contributed by atoms with Gasteiger partial charge in [-0.1, -0.05) is 13.8 Å². The second kappa shape index (κ2) is 7.38. The van der Waals surface area contributed by atoms with Crippen LogP contribution in [0.1, 0.15) is 80.1 Å². The minimum absolute atomic E-state index is 0.134. The van der Waals surface area contributed by atoms with Crippen molar-refractivity contribution < 1.29 is 0 Å². The Morgan fingerprint density at radius 3 is 2.42 bits per heavy atom. The van der Waals surface area contributed by atoms with Gasteiger partial charge in [0.25, 0.3) is 0 Å². The summed E-state index contributed by atoms with van der Waals surface area (Å²) in [5.41, 5.74) is 18.1. The molecule has 0 amide bonds. The van der Waals surface area contributed by atoms with Crippen LogP contribution < -0.4 is 5.73 Å². The van der Waals surface area contributed by atoms with Crippen molar-refractivity contribution in [3.8, 4) is 11.3 Å². The molecule has 2 saturated carbocycles. The molecule has 1 aliphatic heterocycles. The molecular weight excluding hydrogens is 406 g/mol. The molecule has 33 heavy (non-hydrogen) atoms. The van der Waals surface area contributed by atoms with E-state index >= 15 is 0 Å². The van der Waals surface area contributed by atoms with E-state index in [0.29, 0.717) is 11.3 Å². The molecule has 0 spiro atoms. The smallest absolute Gasteiger partial charge is 0.0924 e. The summed E-state index contributed by atoms with van der Waals surface area (Å²) in [5.74, 6) is 0.390. The lowest BCUT2D eigenvalue weighted by Crippen LogP contribution is -2.39. The Bertz CT molecular complexity index is 1210. The van der Waals surface area contributed by atoms with Crippen LogP contribution in [0.25, 0.3) is 22.3 Å². The van der Waals surface area contributed by atoms with Crippen LogP contribution >= 0.6 is 0 Å². The van der Waals surface area contributed by atoms with Gasteiger partial charge in [0.05, 0.1) is 22.4 Å². The van der Waals surface area contributed by atoms with Crippen LogP contribution in [0.3, 0.4) is 0 Å². The van der Waals surface area contributed by atoms with Crippen molar-refractivity contribution >= 4 is 11.0 Å². The van der Waals surface area contributed by atoms with Crippen molar-refractivity contribution in [2.24, 2.45) is 11.1 Å². The fourth-order valence-electron chi connectivity index (χ4n) is 7.11. The quantitative estimate of drug-likeness (QED) is 0.567. The van der Waals surface area contributed by atoms with Crippen LogP contribution in [-0.2, 0) is 13.0 Å². The van der Waals surface area contributed by atoms with E-state index in [1.807, 2.05) is 0 Å². The first-order chi connectivity index (χ1) is 15.7. The number of hydrogen-bond donors (Lipinski definition) is 2. The average Bonchev–Trinajstić information content (AvgIpc) is 3.39. The molecule has 0 atom stereocenters. The number of fused-ring (bicyclic) bond motifs is 4. The molecule has 2 aliphatic carbocycles. The molecule has 3 aliphatic rings. The maximum atomic E-state index is 6.60. The zero-order chi connectivity index (χ0) is 23.0. The Labute approximate surface area is 197 Å². The first kappa shape index (κ1) is 21.3. The highest BCUT2D eigenvalue weighted by Crippen LogP contribution is 2.55. The molecule has 174 valence electrons. The van der Waals surface area contributed by atoms with Gasteiger partial charge >= 0.3 is 0 Å². The fourth-order valence-corrected chi connectivity index (χ4v) is 7.11. The monoisotopic (exact) mass is 443 g/mol. The molecule has 3 aromatic heterocycles. The molecule has 0 unspecified atom stereocenters. The van der Waals surface area contributed by atoms with E-state index < -0.39 is 0 Å². The number of hydrogen-bond acceptors (Lipinski definition) is 4. The molecule has 0 saturated heterocycles. The normalized spacial score (nSPS) is 27.1. The Morgan fingerprint density at radius 1 is 1.06 bits per heavy atom. The summed E-state index contributed by atoms with van der Waals surface area (Å²) in [5, 5.41) is 0. The lowest BCUT2D eigenvalue weighted by molar-refractivity contribution is 0.140. The van der Waals surface area contributed by atoms with Crippen molar-refractivity contribution in [2.45, 2.75) is 84.2 Å². The van der Waals surface area contributed by atoms with Crippen LogP contribution in [-0.4, -0.2) is 38.5 Å². The van der Waals surface area contributed by atoms with E-state index in [0.717, 1.165) is 36.4 Å². The molecule has 6 rings (SSSR count). The minimum atomic E-state index is 0.134. The summed E-state index contributed by atoms with van der Waals surface area (Å²) in [6.45, 7) is 12.0. The summed E-state index contributed by atoms with van der Waals surface area (Å²) >= 11 is 0. The maximum absolute atomic E-state index is 6.60. The van der Waals surface area contributed by atoms with E-state index in [4.69, 9.17) is 10.7 Å². The van der Waals surface area contributed by atoms with Crippen LogP contribution in [0, 0.1) is 19.3 Å². The van der Waals surface area contributed by atoms with Gasteiger partial charge in [-0.3, -0.25) is 9.88 Å². The predicted octanol–water partition coefficient (Wildman–Crippen LogP) is 5.38. The van der Waals surface area contributed by atoms with Crippen molar-refractivity contribution in [2.75, 3.05) is 13.1 Å². The molecule has 2 fully saturated rings. The number of aromatic amines is 1. The van der Waals surface area contributed by atoms with Gasteiger partial charge in [-0.2, -0.15) is 0 Å². The average molecular weight is 444 g/mol. The van der Waals surface area contributed by atoms with Gasteiger partial charge in [-0.15, -0.1) is 0 Å². The zero-order valence-electron chi connectivity index (χ0n) is 20.6. The lowest BCUT2D eigenvalue weighted by Gasteiger charge is -2.36. The first-order valence-corrected chi connectivity index (χ1v) is 12.7. The number of rotatable bonds is 4. The number of pyridine rings is 2. The highest BCUT2D eigenvalue weighted by molar-refractivity contribution is 5.89. The van der Waals surface area contributed by atoms with Crippen LogP contribution in [0.15, 0.2) is 18.2 Å². The molecule has 3 aromatic rings. The van der Waals surface area contributed by atoms with Crippen LogP contribution in [0.4, 0.5) is 0 Å². The van der Waals surface area contributed by atoms with Gasteiger partial charge in [-0.05, 0) is 87.5 Å². The highest BCUT2D eigenvalue weighted by Gasteiger charge is 2.52. The standard InChI is InChI=1S/C28H37N5/c1-17(2)24-25(21-11-18(3)30-19(4)12-21)31-22-13-20-5-10-33(14-23(20)32-26(22)24)16-27-6-8-28(29,15-27)9-7-27/h11-13,17,31H,5-10,14-16,29H2,1-4H3. The molecule has 4 heterocycles. The number of nitrogens with two attached hydrogens (primary N) is 1. The Balaban J connectivity index is 1.35. The van der Waals surface area contributed by atoms with Crippen molar-refractivity contribution in [3.63, 3.8) is 0 Å². The Morgan fingerprint density at radius 2 is 1.79 bits per heavy atom. The van der Waals surface area contributed by atoms with Gasteiger partial charge in [-0.25, -0.2) is 4.98 Å². The third-order valence-corrected chi connectivity index (χ3v) is 8.59. The Kier molecular flexibility index (Phi) is 4.76. The summed E-state index contributed by atoms with van der Waals surface area (Å²) < 4.78 is 0. The third-order valence-electron chi connectivity index (χ3n) is 8.59. The summed E-state index contributed by atoms with van der Waals surface area (Å²) in [6, 6.07) is 6.75. The summed E-state index contributed by atoms with van der Waals surface area (Å²) in [6.07, 6.45) is 7.36. The van der Waals surface area contributed by atoms with Gasteiger partial charge in [0, 0.05) is 47.7 Å². The topological polar surface area (TPSA) is 70.8 Å². The van der Waals surface area contributed by atoms with Crippen molar-refractivity contribution in [1.29, 1.82) is 0 Å². The minimum Gasteiger partial charge on any atom is -0.353 e. The molecule has 5 nitrogen and oxygen atoms in total. The van der Waals surface area contributed by atoms with Gasteiger partial charge in [0.2, 0.25) is 0 Å². The fraction of sp³-hybridized carbons (Fsp3) is 0.571. The van der Waals surface area contributed by atoms with E-state index in [-0.39, 0.29) is 5.54 Å². The molecule has 2 bridgehead atoms. The van der Waals surface area contributed by atoms with Gasteiger partial charge in [0.15, 0.2) is 0 Å².